The van der Waals surface area contributed by atoms with Gasteiger partial charge in [0.1, 0.15) is 9.76 Å². The van der Waals surface area contributed by atoms with E-state index in [2.05, 4.69) is 20.9 Å². The second-order valence-electron chi connectivity index (χ2n) is 2.49. The van der Waals surface area contributed by atoms with E-state index in [4.69, 9.17) is 16.4 Å². The highest BCUT2D eigenvalue weighted by Crippen LogP contribution is 2.16. The highest BCUT2D eigenvalue weighted by molar-refractivity contribution is 9.10. The zero-order chi connectivity index (χ0) is 10.7. The fourth-order valence-electron chi connectivity index (χ4n) is 0.853. The topological polar surface area (TPSA) is 42.4 Å². The van der Waals surface area contributed by atoms with Gasteiger partial charge in [0, 0.05) is 12.6 Å². The van der Waals surface area contributed by atoms with E-state index in [9.17, 15) is 4.79 Å². The van der Waals surface area contributed by atoms with E-state index in [0.29, 0.717) is 10.2 Å². The standard InChI is InChI=1S/C8H8BrClN2O2/c1-12(14-2)8(13)5-3-6(9)11-7(10)4-5/h3-4H,1-2H3. The highest BCUT2D eigenvalue weighted by atomic mass is 79.9. The molecule has 0 unspecified atom stereocenters. The second-order valence-corrected chi connectivity index (χ2v) is 3.69. The molecule has 4 nitrogen and oxygen atoms in total. The van der Waals surface area contributed by atoms with Crippen molar-refractivity contribution in [2.24, 2.45) is 0 Å². The van der Waals surface area contributed by atoms with Crippen LogP contribution >= 0.6 is 27.5 Å². The van der Waals surface area contributed by atoms with Gasteiger partial charge in [-0.2, -0.15) is 0 Å². The predicted molar refractivity (Wildman–Crippen MR) is 56.0 cm³/mol. The van der Waals surface area contributed by atoms with Crippen LogP contribution in [-0.4, -0.2) is 30.1 Å². The van der Waals surface area contributed by atoms with Crippen molar-refractivity contribution in [3.8, 4) is 0 Å². The minimum atomic E-state index is -0.280. The summed E-state index contributed by atoms with van der Waals surface area (Å²) in [4.78, 5) is 20.2. The summed E-state index contributed by atoms with van der Waals surface area (Å²) in [5.74, 6) is -0.280. The van der Waals surface area contributed by atoms with E-state index in [1.54, 1.807) is 6.07 Å². The van der Waals surface area contributed by atoms with E-state index in [0.717, 1.165) is 5.06 Å². The average Bonchev–Trinajstić information content (AvgIpc) is 2.14. The number of carbonyl (C=O) groups excluding carboxylic acids is 1. The molecule has 0 saturated carbocycles. The lowest BCUT2D eigenvalue weighted by Gasteiger charge is -2.13. The van der Waals surface area contributed by atoms with E-state index in [1.807, 2.05) is 0 Å². The van der Waals surface area contributed by atoms with Crippen molar-refractivity contribution in [3.05, 3.63) is 27.5 Å². The zero-order valence-electron chi connectivity index (χ0n) is 7.62. The van der Waals surface area contributed by atoms with Gasteiger partial charge >= 0.3 is 0 Å². The minimum Gasteiger partial charge on any atom is -0.274 e. The van der Waals surface area contributed by atoms with Crippen LogP contribution in [0.3, 0.4) is 0 Å². The number of hydroxylamine groups is 2. The predicted octanol–water partition coefficient (Wildman–Crippen LogP) is 2.13. The maximum absolute atomic E-state index is 11.6. The molecule has 0 atom stereocenters. The van der Waals surface area contributed by atoms with Crippen molar-refractivity contribution in [1.29, 1.82) is 0 Å². The summed E-state index contributed by atoms with van der Waals surface area (Å²) >= 11 is 8.83. The summed E-state index contributed by atoms with van der Waals surface area (Å²) in [7, 11) is 2.93. The van der Waals surface area contributed by atoms with Crippen LogP contribution in [0, 0.1) is 0 Å². The summed E-state index contributed by atoms with van der Waals surface area (Å²) in [5.41, 5.74) is 0.418. The fourth-order valence-corrected chi connectivity index (χ4v) is 1.60. The summed E-state index contributed by atoms with van der Waals surface area (Å²) in [6, 6.07) is 3.05. The fraction of sp³-hybridized carbons (Fsp3) is 0.250. The molecule has 0 aliphatic rings. The first-order chi connectivity index (χ1) is 6.54. The molecule has 0 N–H and O–H groups in total. The van der Waals surface area contributed by atoms with Crippen LogP contribution < -0.4 is 0 Å². The smallest absolute Gasteiger partial charge is 0.274 e. The largest absolute Gasteiger partial charge is 0.277 e. The monoisotopic (exact) mass is 278 g/mol. The van der Waals surface area contributed by atoms with Gasteiger partial charge in [-0.25, -0.2) is 10.0 Å². The number of carbonyl (C=O) groups is 1. The van der Waals surface area contributed by atoms with Gasteiger partial charge in [-0.3, -0.25) is 9.63 Å². The molecule has 0 spiro atoms. The van der Waals surface area contributed by atoms with Crippen LogP contribution in [0.2, 0.25) is 5.15 Å². The van der Waals surface area contributed by atoms with Gasteiger partial charge in [0.25, 0.3) is 5.91 Å². The first-order valence-corrected chi connectivity index (χ1v) is 4.87. The Morgan fingerprint density at radius 1 is 1.64 bits per heavy atom. The number of aromatic nitrogens is 1. The maximum Gasteiger partial charge on any atom is 0.277 e. The molecule has 76 valence electrons. The quantitative estimate of drug-likeness (QED) is 0.615. The zero-order valence-corrected chi connectivity index (χ0v) is 9.96. The Morgan fingerprint density at radius 3 is 2.79 bits per heavy atom. The van der Waals surface area contributed by atoms with Crippen molar-refractivity contribution in [2.75, 3.05) is 14.2 Å². The lowest BCUT2D eigenvalue weighted by molar-refractivity contribution is -0.0757. The number of hydrogen-bond donors (Lipinski definition) is 0. The van der Waals surface area contributed by atoms with Gasteiger partial charge in [-0.05, 0) is 28.1 Å². The van der Waals surface area contributed by atoms with Gasteiger partial charge in [-0.1, -0.05) is 11.6 Å². The molecule has 1 aromatic rings. The summed E-state index contributed by atoms with van der Waals surface area (Å²) < 4.78 is 0.512. The third kappa shape index (κ3) is 2.67. The molecular formula is C8H8BrClN2O2. The molecule has 1 heterocycles. The Kier molecular flexibility index (Phi) is 3.86. The number of nitrogens with zero attached hydrogens (tertiary/aromatic N) is 2. The lowest BCUT2D eigenvalue weighted by Crippen LogP contribution is -2.25. The normalized spacial score (nSPS) is 10.0. The average molecular weight is 280 g/mol. The van der Waals surface area contributed by atoms with E-state index in [1.165, 1.54) is 20.2 Å². The van der Waals surface area contributed by atoms with Crippen LogP contribution in [0.5, 0.6) is 0 Å². The summed E-state index contributed by atoms with van der Waals surface area (Å²) in [6.45, 7) is 0. The molecule has 0 aliphatic heterocycles. The van der Waals surface area contributed by atoms with Crippen LogP contribution in [0.1, 0.15) is 10.4 Å². The van der Waals surface area contributed by atoms with Crippen molar-refractivity contribution >= 4 is 33.4 Å². The van der Waals surface area contributed by atoms with Crippen molar-refractivity contribution in [2.45, 2.75) is 0 Å². The lowest BCUT2D eigenvalue weighted by atomic mass is 10.2. The van der Waals surface area contributed by atoms with Gasteiger partial charge in [-0.15, -0.1) is 0 Å². The number of pyridine rings is 1. The molecule has 6 heteroatoms. The van der Waals surface area contributed by atoms with Crippen LogP contribution in [0.15, 0.2) is 16.7 Å². The molecule has 14 heavy (non-hydrogen) atoms. The number of hydrogen-bond acceptors (Lipinski definition) is 3. The van der Waals surface area contributed by atoms with Gasteiger partial charge in [0.05, 0.1) is 7.11 Å². The molecule has 1 amide bonds. The third-order valence-electron chi connectivity index (χ3n) is 1.57. The number of rotatable bonds is 2. The minimum absolute atomic E-state index is 0.257. The number of halogens is 2. The molecule has 0 radical (unpaired) electrons. The Bertz CT molecular complexity index is 339. The molecule has 0 aromatic carbocycles. The first-order valence-electron chi connectivity index (χ1n) is 3.70. The Balaban J connectivity index is 3.01. The molecule has 0 saturated heterocycles. The maximum atomic E-state index is 11.6. The molecule has 0 fully saturated rings. The van der Waals surface area contributed by atoms with Crippen LogP contribution in [0.4, 0.5) is 0 Å². The van der Waals surface area contributed by atoms with Crippen molar-refractivity contribution in [3.63, 3.8) is 0 Å². The SMILES string of the molecule is CON(C)C(=O)c1cc(Cl)nc(Br)c1. The second kappa shape index (κ2) is 4.72. The van der Waals surface area contributed by atoms with Crippen molar-refractivity contribution in [1.82, 2.24) is 10.0 Å². The van der Waals surface area contributed by atoms with Gasteiger partial charge in [0.2, 0.25) is 0 Å². The van der Waals surface area contributed by atoms with Gasteiger partial charge in [0.15, 0.2) is 0 Å². The third-order valence-corrected chi connectivity index (χ3v) is 2.17. The molecule has 1 aromatic heterocycles. The Labute approximate surface area is 94.9 Å². The van der Waals surface area contributed by atoms with E-state index < -0.39 is 0 Å². The molecule has 0 bridgehead atoms. The van der Waals surface area contributed by atoms with E-state index >= 15 is 0 Å². The summed E-state index contributed by atoms with van der Waals surface area (Å²) in [6.07, 6.45) is 0. The Morgan fingerprint density at radius 2 is 2.29 bits per heavy atom. The van der Waals surface area contributed by atoms with E-state index in [-0.39, 0.29) is 11.1 Å². The molecule has 0 aliphatic carbocycles. The van der Waals surface area contributed by atoms with Crippen LogP contribution in [0.25, 0.3) is 0 Å². The molecular weight excluding hydrogens is 271 g/mol. The summed E-state index contributed by atoms with van der Waals surface area (Å²) in [5, 5.41) is 1.37. The Hall–Kier alpha value is -0.650. The highest BCUT2D eigenvalue weighted by Gasteiger charge is 2.12. The van der Waals surface area contributed by atoms with Crippen molar-refractivity contribution < 1.29 is 9.63 Å². The number of amides is 1. The van der Waals surface area contributed by atoms with Gasteiger partial charge < -0.3 is 0 Å². The van der Waals surface area contributed by atoms with Crippen LogP contribution in [-0.2, 0) is 4.84 Å². The first kappa shape index (κ1) is 11.4. The molecule has 1 rings (SSSR count).